The highest BCUT2D eigenvalue weighted by Crippen LogP contribution is 2.35. The maximum Gasteiger partial charge on any atom is 0.248 e. The van der Waals surface area contributed by atoms with Crippen molar-refractivity contribution in [1.82, 2.24) is 4.57 Å². The zero-order valence-corrected chi connectivity index (χ0v) is 18.9. The minimum atomic E-state index is -0.431. The molecule has 32 heavy (non-hydrogen) atoms. The number of anilines is 1. The number of carbonyl (C=O) groups excluding carboxylic acids is 1. The smallest absolute Gasteiger partial charge is 0.248 e. The van der Waals surface area contributed by atoms with E-state index < -0.39 is 6.10 Å². The molecule has 0 spiro atoms. The molecule has 1 unspecified atom stereocenters. The van der Waals surface area contributed by atoms with Crippen molar-refractivity contribution in [3.63, 3.8) is 0 Å². The third kappa shape index (κ3) is 4.35. The van der Waals surface area contributed by atoms with Gasteiger partial charge in [0.25, 0.3) is 0 Å². The van der Waals surface area contributed by atoms with E-state index in [0.29, 0.717) is 12.3 Å². The largest absolute Gasteiger partial charge is 0.388 e. The Morgan fingerprint density at radius 3 is 2.81 bits per heavy atom. The van der Waals surface area contributed by atoms with E-state index in [2.05, 4.69) is 22.0 Å². The molecule has 1 fully saturated rings. The monoisotopic (exact) mass is 448 g/mol. The first-order chi connectivity index (χ1) is 15.6. The van der Waals surface area contributed by atoms with Crippen molar-refractivity contribution in [2.75, 3.05) is 5.32 Å². The fraction of sp³-hybridized carbons (Fsp3) is 0.370. The molecule has 1 amide bonds. The molecule has 1 saturated carbocycles. The molecule has 5 heteroatoms. The second-order valence-corrected chi connectivity index (χ2v) is 9.57. The predicted octanol–water partition coefficient (Wildman–Crippen LogP) is 6.51. The number of hydrogen-bond donors (Lipinski definition) is 2. The number of nitrogens with one attached hydrogen (secondary N) is 1. The maximum absolute atomic E-state index is 12.7. The molecule has 2 aromatic carbocycles. The van der Waals surface area contributed by atoms with Crippen LogP contribution >= 0.6 is 11.6 Å². The van der Waals surface area contributed by atoms with Crippen LogP contribution in [0.1, 0.15) is 61.4 Å². The summed E-state index contributed by atoms with van der Waals surface area (Å²) < 4.78 is 2.34. The van der Waals surface area contributed by atoms with Gasteiger partial charge in [-0.05, 0) is 79.1 Å². The van der Waals surface area contributed by atoms with Crippen molar-refractivity contribution in [2.45, 2.75) is 57.6 Å². The molecule has 2 aliphatic carbocycles. The Kier molecular flexibility index (Phi) is 6.07. The summed E-state index contributed by atoms with van der Waals surface area (Å²) in [4.78, 5) is 12.7. The summed E-state index contributed by atoms with van der Waals surface area (Å²) in [6.07, 6.45) is 11.1. The van der Waals surface area contributed by atoms with E-state index in [1.165, 1.54) is 32.1 Å². The second-order valence-electron chi connectivity index (χ2n) is 9.14. The Hall–Kier alpha value is -2.56. The minimum absolute atomic E-state index is 0.160. The highest BCUT2D eigenvalue weighted by Gasteiger charge is 2.23. The average Bonchev–Trinajstić information content (AvgIpc) is 3.34. The number of hydrogen-bond acceptors (Lipinski definition) is 2. The molecule has 0 bridgehead atoms. The van der Waals surface area contributed by atoms with Gasteiger partial charge in [-0.1, -0.05) is 43.0 Å². The standard InChI is InChI=1S/C27H29ClN2O2/c28-20-9-12-25-19(15-20)16-21(30(25)17-18-5-2-1-3-6-18)10-14-27(32)29-24-8-4-7-23-22(24)11-13-26(23)31/h4,7-10,12,14-16,18,26,31H,1-3,5-6,11,13,17H2,(H,29,32)/b14-10+. The van der Waals surface area contributed by atoms with Gasteiger partial charge in [0.2, 0.25) is 5.91 Å². The average molecular weight is 449 g/mol. The van der Waals surface area contributed by atoms with Crippen molar-refractivity contribution in [2.24, 2.45) is 5.92 Å². The Bertz CT molecular complexity index is 1170. The van der Waals surface area contributed by atoms with Crippen LogP contribution in [-0.4, -0.2) is 15.6 Å². The van der Waals surface area contributed by atoms with Gasteiger partial charge in [0.15, 0.2) is 0 Å². The first-order valence-corrected chi connectivity index (χ1v) is 12.0. The zero-order valence-electron chi connectivity index (χ0n) is 18.2. The zero-order chi connectivity index (χ0) is 22.1. The van der Waals surface area contributed by atoms with Gasteiger partial charge in [-0.2, -0.15) is 0 Å². The molecule has 166 valence electrons. The predicted molar refractivity (Wildman–Crippen MR) is 131 cm³/mol. The molecule has 0 aliphatic heterocycles. The van der Waals surface area contributed by atoms with Gasteiger partial charge in [0.05, 0.1) is 6.10 Å². The fourth-order valence-corrected chi connectivity index (χ4v) is 5.50. The van der Waals surface area contributed by atoms with Crippen molar-refractivity contribution in [3.8, 4) is 0 Å². The topological polar surface area (TPSA) is 54.3 Å². The van der Waals surface area contributed by atoms with E-state index in [9.17, 15) is 9.90 Å². The molecular weight excluding hydrogens is 420 g/mol. The van der Waals surface area contributed by atoms with Crippen molar-refractivity contribution in [3.05, 3.63) is 70.4 Å². The van der Waals surface area contributed by atoms with Crippen LogP contribution in [0.15, 0.2) is 48.5 Å². The van der Waals surface area contributed by atoms with Crippen LogP contribution in [0.4, 0.5) is 5.69 Å². The lowest BCUT2D eigenvalue weighted by atomic mass is 9.89. The SMILES string of the molecule is O=C(/C=C/c1cc2cc(Cl)ccc2n1CC1CCCCC1)Nc1cccc2c1CCC2O. The third-order valence-electron chi connectivity index (χ3n) is 6.96. The number of nitrogens with zero attached hydrogens (tertiary/aromatic N) is 1. The molecule has 4 nitrogen and oxygen atoms in total. The normalized spacial score (nSPS) is 19.0. The summed E-state index contributed by atoms with van der Waals surface area (Å²) in [6.45, 7) is 0.969. The number of carbonyl (C=O) groups is 1. The van der Waals surface area contributed by atoms with Crippen LogP contribution in [-0.2, 0) is 17.8 Å². The van der Waals surface area contributed by atoms with E-state index in [1.807, 2.05) is 36.4 Å². The Balaban J connectivity index is 1.39. The molecule has 1 aromatic heterocycles. The Morgan fingerprint density at radius 1 is 1.12 bits per heavy atom. The van der Waals surface area contributed by atoms with Gasteiger partial charge >= 0.3 is 0 Å². The van der Waals surface area contributed by atoms with Crippen molar-refractivity contribution >= 4 is 40.2 Å². The van der Waals surface area contributed by atoms with E-state index in [1.54, 1.807) is 6.08 Å². The van der Waals surface area contributed by atoms with Gasteiger partial charge in [-0.3, -0.25) is 4.79 Å². The van der Waals surface area contributed by atoms with E-state index in [-0.39, 0.29) is 5.91 Å². The van der Waals surface area contributed by atoms with Crippen LogP contribution in [0.5, 0.6) is 0 Å². The number of fused-ring (bicyclic) bond motifs is 2. The van der Waals surface area contributed by atoms with Crippen LogP contribution in [0.25, 0.3) is 17.0 Å². The second kappa shape index (κ2) is 9.13. The highest BCUT2D eigenvalue weighted by atomic mass is 35.5. The van der Waals surface area contributed by atoms with Crippen LogP contribution in [0.3, 0.4) is 0 Å². The summed E-state index contributed by atoms with van der Waals surface area (Å²) in [7, 11) is 0. The molecule has 1 atom stereocenters. The molecule has 1 heterocycles. The maximum atomic E-state index is 12.7. The number of aliphatic hydroxyl groups excluding tert-OH is 1. The van der Waals surface area contributed by atoms with E-state index in [4.69, 9.17) is 11.6 Å². The van der Waals surface area contributed by atoms with Gasteiger partial charge in [0.1, 0.15) is 0 Å². The summed E-state index contributed by atoms with van der Waals surface area (Å²) >= 11 is 6.24. The molecule has 0 radical (unpaired) electrons. The lowest BCUT2D eigenvalue weighted by molar-refractivity contribution is -0.111. The third-order valence-corrected chi connectivity index (χ3v) is 7.20. The van der Waals surface area contributed by atoms with Gasteiger partial charge in [-0.15, -0.1) is 0 Å². The molecule has 3 aromatic rings. The summed E-state index contributed by atoms with van der Waals surface area (Å²) in [6, 6.07) is 13.9. The van der Waals surface area contributed by atoms with Crippen molar-refractivity contribution in [1.29, 1.82) is 0 Å². The first kappa shape index (κ1) is 21.3. The number of benzene rings is 2. The molecule has 5 rings (SSSR count). The van der Waals surface area contributed by atoms with Gasteiger partial charge in [-0.25, -0.2) is 0 Å². The number of rotatable bonds is 5. The lowest BCUT2D eigenvalue weighted by Crippen LogP contribution is -2.15. The Labute approximate surface area is 193 Å². The quantitative estimate of drug-likeness (QED) is 0.437. The summed E-state index contributed by atoms with van der Waals surface area (Å²) in [5.41, 5.74) is 4.95. The number of amides is 1. The number of aromatic nitrogens is 1. The molecule has 2 aliphatic rings. The molecular formula is C27H29ClN2O2. The van der Waals surface area contributed by atoms with Gasteiger partial charge < -0.3 is 15.0 Å². The highest BCUT2D eigenvalue weighted by molar-refractivity contribution is 6.31. The Morgan fingerprint density at radius 2 is 1.97 bits per heavy atom. The lowest BCUT2D eigenvalue weighted by Gasteiger charge is -2.23. The first-order valence-electron chi connectivity index (χ1n) is 11.7. The van der Waals surface area contributed by atoms with E-state index in [0.717, 1.165) is 51.4 Å². The number of aliphatic hydroxyl groups is 1. The van der Waals surface area contributed by atoms with Crippen LogP contribution in [0, 0.1) is 5.92 Å². The van der Waals surface area contributed by atoms with Crippen LogP contribution in [0.2, 0.25) is 5.02 Å². The summed E-state index contributed by atoms with van der Waals surface area (Å²) in [5, 5.41) is 14.9. The van der Waals surface area contributed by atoms with Crippen molar-refractivity contribution < 1.29 is 9.90 Å². The minimum Gasteiger partial charge on any atom is -0.388 e. The van der Waals surface area contributed by atoms with Gasteiger partial charge in [0, 0.05) is 39.9 Å². The molecule has 2 N–H and O–H groups in total. The van der Waals surface area contributed by atoms with Crippen LogP contribution < -0.4 is 5.32 Å². The fourth-order valence-electron chi connectivity index (χ4n) is 5.32. The molecule has 0 saturated heterocycles. The van der Waals surface area contributed by atoms with E-state index >= 15 is 0 Å². The summed E-state index contributed by atoms with van der Waals surface area (Å²) in [5.74, 6) is 0.515. The number of halogens is 1.